The molecule has 2 aliphatic rings. The number of piperazine rings is 1. The SMILES string of the molecule is C[C@H]1CNCCN1C(=O)CCSc1ccc2c(c1)OCCCO2.Cl. The van der Waals surface area contributed by atoms with Crippen LogP contribution >= 0.6 is 24.2 Å². The van der Waals surface area contributed by atoms with Crippen LogP contribution in [0.5, 0.6) is 11.5 Å². The molecule has 0 unspecified atom stereocenters. The van der Waals surface area contributed by atoms with E-state index in [1.165, 1.54) is 0 Å². The van der Waals surface area contributed by atoms with Crippen molar-refractivity contribution in [3.63, 3.8) is 0 Å². The Morgan fingerprint density at radius 1 is 1.33 bits per heavy atom. The molecule has 0 saturated carbocycles. The molecule has 2 aliphatic heterocycles. The monoisotopic (exact) mass is 372 g/mol. The number of carbonyl (C=O) groups is 1. The lowest BCUT2D eigenvalue weighted by Gasteiger charge is -2.34. The van der Waals surface area contributed by atoms with E-state index in [1.54, 1.807) is 11.8 Å². The second kappa shape index (κ2) is 9.39. The van der Waals surface area contributed by atoms with Crippen molar-refractivity contribution in [2.45, 2.75) is 30.7 Å². The zero-order valence-electron chi connectivity index (χ0n) is 14.0. The number of benzene rings is 1. The average Bonchev–Trinajstić information content (AvgIpc) is 2.80. The van der Waals surface area contributed by atoms with Gasteiger partial charge >= 0.3 is 0 Å². The van der Waals surface area contributed by atoms with Crippen LogP contribution in [0.25, 0.3) is 0 Å². The molecule has 0 aliphatic carbocycles. The van der Waals surface area contributed by atoms with Gasteiger partial charge in [0.1, 0.15) is 0 Å². The number of thioether (sulfide) groups is 1. The minimum atomic E-state index is 0. The van der Waals surface area contributed by atoms with Gasteiger partial charge in [0.2, 0.25) is 5.91 Å². The predicted octanol–water partition coefficient (Wildman–Crippen LogP) is 2.57. The van der Waals surface area contributed by atoms with Crippen LogP contribution in [0.4, 0.5) is 0 Å². The number of rotatable bonds is 4. The summed E-state index contributed by atoms with van der Waals surface area (Å²) in [5.41, 5.74) is 0. The smallest absolute Gasteiger partial charge is 0.223 e. The van der Waals surface area contributed by atoms with Crippen LogP contribution in [0, 0.1) is 0 Å². The van der Waals surface area contributed by atoms with Crippen LogP contribution in [0.2, 0.25) is 0 Å². The molecule has 1 saturated heterocycles. The van der Waals surface area contributed by atoms with Gasteiger partial charge in [-0.1, -0.05) is 0 Å². The predicted molar refractivity (Wildman–Crippen MR) is 98.7 cm³/mol. The minimum absolute atomic E-state index is 0. The summed E-state index contributed by atoms with van der Waals surface area (Å²) in [7, 11) is 0. The van der Waals surface area contributed by atoms with Gasteiger partial charge in [0.15, 0.2) is 11.5 Å². The Morgan fingerprint density at radius 3 is 2.92 bits per heavy atom. The standard InChI is InChI=1S/C17H24N2O3S.ClH/c1-13-12-18-6-7-19(13)17(20)5-10-23-14-3-4-15-16(11-14)22-9-2-8-21-15;/h3-4,11,13,18H,2,5-10,12H2,1H3;1H/t13-;/m0./s1. The van der Waals surface area contributed by atoms with Crippen LogP contribution in [-0.4, -0.2) is 55.4 Å². The van der Waals surface area contributed by atoms with Gasteiger partial charge in [-0.05, 0) is 25.1 Å². The lowest BCUT2D eigenvalue weighted by molar-refractivity contribution is -0.133. The first kappa shape index (κ1) is 19.2. The van der Waals surface area contributed by atoms with Gasteiger partial charge in [-0.2, -0.15) is 0 Å². The minimum Gasteiger partial charge on any atom is -0.490 e. The van der Waals surface area contributed by atoms with E-state index in [9.17, 15) is 4.79 Å². The molecule has 1 N–H and O–H groups in total. The van der Waals surface area contributed by atoms with Crippen LogP contribution in [0.3, 0.4) is 0 Å². The maximum Gasteiger partial charge on any atom is 0.223 e. The zero-order valence-corrected chi connectivity index (χ0v) is 15.6. The summed E-state index contributed by atoms with van der Waals surface area (Å²) in [5, 5.41) is 3.31. The number of ether oxygens (including phenoxy) is 2. The van der Waals surface area contributed by atoms with Crippen molar-refractivity contribution >= 4 is 30.1 Å². The third-order valence-electron chi connectivity index (χ3n) is 4.13. The quantitative estimate of drug-likeness (QED) is 0.823. The molecule has 3 rings (SSSR count). The fourth-order valence-electron chi connectivity index (χ4n) is 2.84. The molecular weight excluding hydrogens is 348 g/mol. The lowest BCUT2D eigenvalue weighted by atomic mass is 10.2. The Hall–Kier alpha value is -1.11. The van der Waals surface area contributed by atoms with Crippen molar-refractivity contribution in [3.05, 3.63) is 18.2 Å². The highest BCUT2D eigenvalue weighted by Crippen LogP contribution is 2.34. The van der Waals surface area contributed by atoms with Crippen molar-refractivity contribution in [1.82, 2.24) is 10.2 Å². The highest BCUT2D eigenvalue weighted by Gasteiger charge is 2.22. The van der Waals surface area contributed by atoms with Gasteiger partial charge in [0.25, 0.3) is 0 Å². The van der Waals surface area contributed by atoms with E-state index in [2.05, 4.69) is 12.2 Å². The molecule has 0 spiro atoms. The Bertz CT molecular complexity index is 559. The number of hydrogen-bond acceptors (Lipinski definition) is 5. The molecule has 5 nitrogen and oxygen atoms in total. The Morgan fingerprint density at radius 2 is 2.12 bits per heavy atom. The van der Waals surface area contributed by atoms with Crippen molar-refractivity contribution in [3.8, 4) is 11.5 Å². The first-order valence-corrected chi connectivity index (χ1v) is 9.25. The number of amides is 1. The molecule has 0 bridgehead atoms. The topological polar surface area (TPSA) is 50.8 Å². The van der Waals surface area contributed by atoms with Gasteiger partial charge in [0.05, 0.1) is 13.2 Å². The summed E-state index contributed by atoms with van der Waals surface area (Å²) in [6.45, 7) is 6.10. The molecule has 24 heavy (non-hydrogen) atoms. The highest BCUT2D eigenvalue weighted by molar-refractivity contribution is 7.99. The van der Waals surface area contributed by atoms with E-state index in [0.717, 1.165) is 48.2 Å². The lowest BCUT2D eigenvalue weighted by Crippen LogP contribution is -2.52. The molecule has 2 heterocycles. The van der Waals surface area contributed by atoms with E-state index in [0.29, 0.717) is 25.7 Å². The maximum atomic E-state index is 12.3. The summed E-state index contributed by atoms with van der Waals surface area (Å²) >= 11 is 1.69. The van der Waals surface area contributed by atoms with Gasteiger partial charge < -0.3 is 19.7 Å². The second-order valence-corrected chi connectivity index (χ2v) is 7.07. The second-order valence-electron chi connectivity index (χ2n) is 5.90. The largest absolute Gasteiger partial charge is 0.490 e. The van der Waals surface area contributed by atoms with Crippen molar-refractivity contribution < 1.29 is 14.3 Å². The first-order chi connectivity index (χ1) is 11.2. The zero-order chi connectivity index (χ0) is 16.1. The molecule has 1 amide bonds. The Labute approximate surface area is 153 Å². The van der Waals surface area contributed by atoms with Gasteiger partial charge in [-0.3, -0.25) is 4.79 Å². The molecule has 7 heteroatoms. The van der Waals surface area contributed by atoms with E-state index < -0.39 is 0 Å². The van der Waals surface area contributed by atoms with Gasteiger partial charge in [-0.15, -0.1) is 24.2 Å². The molecule has 1 fully saturated rings. The summed E-state index contributed by atoms with van der Waals surface area (Å²) in [6, 6.07) is 6.31. The van der Waals surface area contributed by atoms with E-state index in [-0.39, 0.29) is 18.3 Å². The molecule has 0 radical (unpaired) electrons. The average molecular weight is 373 g/mol. The molecule has 134 valence electrons. The summed E-state index contributed by atoms with van der Waals surface area (Å²) in [5.74, 6) is 2.67. The fraction of sp³-hybridized carbons (Fsp3) is 0.588. The molecule has 1 aromatic rings. The van der Waals surface area contributed by atoms with Gasteiger partial charge in [-0.25, -0.2) is 0 Å². The highest BCUT2D eigenvalue weighted by atomic mass is 35.5. The number of nitrogens with zero attached hydrogens (tertiary/aromatic N) is 1. The number of nitrogens with one attached hydrogen (secondary N) is 1. The number of halogens is 1. The van der Waals surface area contributed by atoms with E-state index in [1.807, 2.05) is 23.1 Å². The van der Waals surface area contributed by atoms with Crippen molar-refractivity contribution in [2.24, 2.45) is 0 Å². The number of hydrogen-bond donors (Lipinski definition) is 1. The van der Waals surface area contributed by atoms with Crippen molar-refractivity contribution in [2.75, 3.05) is 38.6 Å². The van der Waals surface area contributed by atoms with Crippen molar-refractivity contribution in [1.29, 1.82) is 0 Å². The number of carbonyl (C=O) groups excluding carboxylic acids is 1. The molecular formula is C17H25ClN2O3S. The Kier molecular flexibility index (Phi) is 7.52. The van der Waals surface area contributed by atoms with Crippen LogP contribution in [0.1, 0.15) is 19.8 Å². The third kappa shape index (κ3) is 4.94. The first-order valence-electron chi connectivity index (χ1n) is 8.26. The van der Waals surface area contributed by atoms with Crippen LogP contribution < -0.4 is 14.8 Å². The van der Waals surface area contributed by atoms with E-state index >= 15 is 0 Å². The summed E-state index contributed by atoms with van der Waals surface area (Å²) in [6.07, 6.45) is 1.48. The third-order valence-corrected chi connectivity index (χ3v) is 5.12. The van der Waals surface area contributed by atoms with Crippen LogP contribution in [0.15, 0.2) is 23.1 Å². The number of fused-ring (bicyclic) bond motifs is 1. The molecule has 1 aromatic carbocycles. The Balaban J connectivity index is 0.00000208. The van der Waals surface area contributed by atoms with Gasteiger partial charge in [0, 0.05) is 49.2 Å². The molecule has 1 atom stereocenters. The van der Waals surface area contributed by atoms with Crippen LogP contribution in [-0.2, 0) is 4.79 Å². The maximum absolute atomic E-state index is 12.3. The molecule has 0 aromatic heterocycles. The summed E-state index contributed by atoms with van der Waals surface area (Å²) in [4.78, 5) is 15.4. The fourth-order valence-corrected chi connectivity index (χ4v) is 3.71. The van der Waals surface area contributed by atoms with E-state index in [4.69, 9.17) is 9.47 Å². The normalized spacial score (nSPS) is 20.0. The summed E-state index contributed by atoms with van der Waals surface area (Å²) < 4.78 is 11.3.